The number of hydrogen-bond donors (Lipinski definition) is 22. The van der Waals surface area contributed by atoms with Crippen molar-refractivity contribution >= 4 is 168 Å². The third-order valence-electron chi connectivity index (χ3n) is 25.9. The number of para-hydroxylation sites is 1. The molecule has 0 radical (unpaired) electrons. The van der Waals surface area contributed by atoms with Crippen LogP contribution in [0.1, 0.15) is 154 Å². The molecule has 50 heteroatoms. The van der Waals surface area contributed by atoms with Crippen LogP contribution in [-0.2, 0) is 122 Å². The number of aliphatic hydroxyl groups excluding tert-OH is 1. The quantitative estimate of drug-likeness (QED) is 0.0111. The summed E-state index contributed by atoms with van der Waals surface area (Å²) in [5.41, 5.74) is 19.1. The average Bonchev–Trinajstić information content (AvgIpc) is 1.61. The number of nitrogens with two attached hydrogens (primary N) is 3. The number of carbonyl (C=O) groups is 20. The molecule has 0 aliphatic carbocycles. The van der Waals surface area contributed by atoms with E-state index in [-0.39, 0.29) is 121 Å². The molecule has 20 amide bonds. The first-order valence-corrected chi connectivity index (χ1v) is 51.4. The van der Waals surface area contributed by atoms with Crippen LogP contribution in [0.4, 0.5) is 0 Å². The van der Waals surface area contributed by atoms with Crippen molar-refractivity contribution in [2.45, 2.75) is 248 Å². The number of aromatic nitrogens is 3. The first kappa shape index (κ1) is 117. The number of thioether (sulfide) groups is 1. The van der Waals surface area contributed by atoms with Crippen LogP contribution in [-0.4, -0.2) is 343 Å². The third kappa shape index (κ3) is 33.9. The molecule has 25 N–H and O–H groups in total. The molecule has 0 saturated carbocycles. The number of nitrogens with one attached hydrogen (secondary N) is 17. The highest BCUT2D eigenvalue weighted by atomic mass is 32.2. The summed E-state index contributed by atoms with van der Waals surface area (Å²) < 4.78 is 0.803. The van der Waals surface area contributed by atoms with Crippen molar-refractivity contribution < 1.29 is 106 Å². The standard InChI is InChI=1S/C98H138N26O22S2/c1-10-12-25-73-90(139)112-64(24-18-34-104-98(101)102)86(135)119-72(85(134)108-46-80(129)106-45-79(128)107-47-81(130)110-54(5)83(100)132)50-147-51-82(131)111-68(38-56-30-32-60(126)33-31-56)93(142)120(7)55(6)84(133)115-70(42-78(99)127)96(145)124-36-20-28-75(124)92(141)114-66(41-59-44-103-52-109-59)88(137)116-67(37-53(3)4)95(144)123-35-19-27-74(123)91(140)113-65(39-57-43-105-63-23-16-14-21-61(57)63)87(136)118-71(48-125)89(138)117-69(40-58-49-148-77-29-17-15-22-62(58)77)94(143)122(9)76(26-13-11-2)97(146)121(73)8/h14-17,21-23,29-33,43-44,49,52-55,64-76,105,125-126H,10-13,18-20,24-28,34-42,45-48,50-51H2,1-9H3,(H2,99,127)(H2,100,132)(H,103,109)(H,106,129)(H,107,128)(H,108,134)(H,110,130)(H,111,131)(H,112,139)(H,113,140)(H,114,141)(H,115,133)(H,116,137)(H,117,138)(H,118,136)(H,119,135)(H4,101,102,104)/t54-,55+,64+,65+,66+,67+,68+,69+,70+,71+,72+,73+,74+,75+,76+/m1/s1. The molecule has 3 aromatic heterocycles. The number of nitrogens with zero attached hydrogens (tertiary/aromatic N) is 6. The van der Waals surface area contributed by atoms with Crippen molar-refractivity contribution in [3.63, 3.8) is 0 Å². The number of phenolic OH excluding ortho intramolecular Hbond substituents is 1. The molecule has 6 aromatic rings. The van der Waals surface area contributed by atoms with Crippen molar-refractivity contribution in [3.8, 4) is 5.75 Å². The maximum atomic E-state index is 15.9. The van der Waals surface area contributed by atoms with E-state index in [2.05, 4.69) is 89.4 Å². The van der Waals surface area contributed by atoms with Gasteiger partial charge in [0.15, 0.2) is 5.96 Å². The number of primary amides is 2. The Morgan fingerprint density at radius 2 is 1.06 bits per heavy atom. The minimum Gasteiger partial charge on any atom is -0.508 e. The van der Waals surface area contributed by atoms with Gasteiger partial charge in [-0.3, -0.25) is 101 Å². The van der Waals surface area contributed by atoms with Crippen molar-refractivity contribution in [2.75, 3.05) is 78.5 Å². The second-order valence-corrected chi connectivity index (χ2v) is 39.4. The van der Waals surface area contributed by atoms with Gasteiger partial charge in [-0.1, -0.05) is 102 Å². The summed E-state index contributed by atoms with van der Waals surface area (Å²) >= 11 is 2.04. The lowest BCUT2D eigenvalue weighted by atomic mass is 10.00. The van der Waals surface area contributed by atoms with Gasteiger partial charge in [0.1, 0.15) is 96.4 Å². The molecule has 48 nitrogen and oxygen atoms in total. The zero-order valence-electron chi connectivity index (χ0n) is 84.4. The molecular formula is C98H138N26O22S2. The number of likely N-dealkylation sites (N-methyl/N-ethyl adjacent to an activating group) is 3. The maximum Gasteiger partial charge on any atom is 0.246 e. The van der Waals surface area contributed by atoms with Gasteiger partial charge in [-0.25, -0.2) is 4.98 Å². The second-order valence-electron chi connectivity index (χ2n) is 37.4. The number of rotatable bonds is 32. The fraction of sp³-hybridized carbons (Fsp3) is 0.531. The van der Waals surface area contributed by atoms with Gasteiger partial charge < -0.3 is 136 Å². The van der Waals surface area contributed by atoms with E-state index < -0.39 is 259 Å². The Morgan fingerprint density at radius 3 is 1.67 bits per heavy atom. The highest BCUT2D eigenvalue weighted by Crippen LogP contribution is 2.30. The summed E-state index contributed by atoms with van der Waals surface area (Å²) in [6, 6.07) is -3.10. The molecule has 15 atom stereocenters. The normalized spacial score (nSPS) is 23.2. The minimum absolute atomic E-state index is 0.0180. The lowest BCUT2D eigenvalue weighted by Crippen LogP contribution is -2.62. The zero-order valence-corrected chi connectivity index (χ0v) is 86.0. The van der Waals surface area contributed by atoms with E-state index in [9.17, 15) is 53.4 Å². The molecule has 3 fully saturated rings. The van der Waals surface area contributed by atoms with Crippen LogP contribution in [0.25, 0.3) is 21.0 Å². The Balaban J connectivity index is 1.10. The van der Waals surface area contributed by atoms with Crippen LogP contribution in [0, 0.1) is 11.3 Å². The molecule has 0 unspecified atom stereocenters. The number of aromatic hydroxyl groups is 1. The lowest BCUT2D eigenvalue weighted by Gasteiger charge is -2.36. The topological polar surface area (TPSA) is 713 Å². The molecule has 3 aliphatic heterocycles. The number of aliphatic hydroxyl groups is 1. The summed E-state index contributed by atoms with van der Waals surface area (Å²) in [5.74, 6) is -20.7. The molecule has 0 bridgehead atoms. The van der Waals surface area contributed by atoms with E-state index in [1.54, 1.807) is 55.8 Å². The number of benzene rings is 3. The Bertz CT molecular complexity index is 5730. The number of phenols is 1. The fourth-order valence-electron chi connectivity index (χ4n) is 17.5. The van der Waals surface area contributed by atoms with Gasteiger partial charge >= 0.3 is 0 Å². The fourth-order valence-corrected chi connectivity index (χ4v) is 19.3. The van der Waals surface area contributed by atoms with Gasteiger partial charge in [0.2, 0.25) is 118 Å². The van der Waals surface area contributed by atoms with Crippen LogP contribution in [0.15, 0.2) is 96.9 Å². The highest BCUT2D eigenvalue weighted by Gasteiger charge is 2.46. The van der Waals surface area contributed by atoms with Gasteiger partial charge in [0.25, 0.3) is 0 Å². The van der Waals surface area contributed by atoms with Crippen molar-refractivity contribution in [2.24, 2.45) is 23.1 Å². The van der Waals surface area contributed by atoms with Crippen LogP contribution in [0.2, 0.25) is 0 Å². The van der Waals surface area contributed by atoms with E-state index in [0.29, 0.717) is 69.7 Å². The zero-order chi connectivity index (χ0) is 108. The van der Waals surface area contributed by atoms with Crippen molar-refractivity contribution in [1.82, 2.24) is 114 Å². The molecule has 9 rings (SSSR count). The number of imidazole rings is 1. The van der Waals surface area contributed by atoms with Crippen LogP contribution < -0.4 is 91.6 Å². The second kappa shape index (κ2) is 56.7. The Kier molecular flexibility index (Phi) is 44.7. The molecule has 3 aliphatic rings. The average molecular weight is 2100 g/mol. The molecular weight excluding hydrogens is 1960 g/mol. The maximum absolute atomic E-state index is 15.9. The highest BCUT2D eigenvalue weighted by molar-refractivity contribution is 8.00. The minimum atomic E-state index is -1.87. The summed E-state index contributed by atoms with van der Waals surface area (Å²) in [7, 11) is 3.87. The summed E-state index contributed by atoms with van der Waals surface area (Å²) in [5, 5.41) is 68.8. The molecule has 3 aromatic carbocycles. The summed E-state index contributed by atoms with van der Waals surface area (Å²) in [4.78, 5) is 307. The van der Waals surface area contributed by atoms with Crippen molar-refractivity contribution in [1.29, 1.82) is 5.41 Å². The number of hydrogen-bond acceptors (Lipinski definition) is 26. The number of aromatic amines is 2. The third-order valence-corrected chi connectivity index (χ3v) is 27.9. The van der Waals surface area contributed by atoms with E-state index >= 15 is 52.7 Å². The number of fused-ring (bicyclic) bond motifs is 4. The summed E-state index contributed by atoms with van der Waals surface area (Å²) in [6.45, 7) is 6.22. The van der Waals surface area contributed by atoms with E-state index in [0.717, 1.165) is 24.3 Å². The van der Waals surface area contributed by atoms with Crippen molar-refractivity contribution in [3.05, 3.63) is 119 Å². The lowest BCUT2D eigenvalue weighted by molar-refractivity contribution is -0.149. The van der Waals surface area contributed by atoms with E-state index in [4.69, 9.17) is 22.6 Å². The Hall–Kier alpha value is -14.9. The summed E-state index contributed by atoms with van der Waals surface area (Å²) in [6.07, 6.45) is 3.98. The monoisotopic (exact) mass is 2090 g/mol. The molecule has 3 saturated heterocycles. The predicted molar refractivity (Wildman–Crippen MR) is 546 cm³/mol. The molecule has 148 heavy (non-hydrogen) atoms. The molecule has 6 heterocycles. The number of carbonyl (C=O) groups excluding carboxylic acids is 20. The number of guanidine groups is 1. The van der Waals surface area contributed by atoms with E-state index in [1.165, 1.54) is 88.0 Å². The predicted octanol–water partition coefficient (Wildman–Crippen LogP) is -3.43. The number of H-pyrrole nitrogens is 2. The smallest absolute Gasteiger partial charge is 0.246 e. The van der Waals surface area contributed by atoms with Gasteiger partial charge in [0, 0.05) is 106 Å². The first-order chi connectivity index (χ1) is 70.5. The van der Waals surface area contributed by atoms with Crippen LogP contribution >= 0.6 is 23.1 Å². The molecule has 804 valence electrons. The van der Waals surface area contributed by atoms with Gasteiger partial charge in [-0.05, 0) is 129 Å². The Morgan fingerprint density at radius 1 is 0.527 bits per heavy atom. The van der Waals surface area contributed by atoms with Gasteiger partial charge in [-0.2, -0.15) is 0 Å². The van der Waals surface area contributed by atoms with Crippen LogP contribution in [0.3, 0.4) is 0 Å². The first-order valence-electron chi connectivity index (χ1n) is 49.3. The van der Waals surface area contributed by atoms with Gasteiger partial charge in [0.05, 0.1) is 44.7 Å². The van der Waals surface area contributed by atoms with Gasteiger partial charge in [-0.15, -0.1) is 23.1 Å². The largest absolute Gasteiger partial charge is 0.508 e. The van der Waals surface area contributed by atoms with E-state index in [1.807, 2.05) is 32.0 Å². The van der Waals surface area contributed by atoms with Crippen LogP contribution in [0.5, 0.6) is 5.75 Å². The molecule has 0 spiro atoms. The number of thiophene rings is 1. The Labute approximate surface area is 863 Å². The number of unbranched alkanes of at least 4 members (excludes halogenated alkanes) is 2. The SMILES string of the molecule is CCCC[C@H]1C(=O)N(C)[C@@H](CCCC)C(=O)N[C@@H](CCCNC(=N)N)C(=O)N[C@H](C(=O)NCC(=O)NCC(=O)NCC(=O)N[C@H](C)C(N)=O)CSCC(=O)N[C@@H](Cc2ccc(O)cc2)C(=O)N(C)[C@@H](C)C(=O)N[C@@H](CC(N)=O)C(=O)N2CCC[C@H]2C(=O)N[C@@H](Cc2cnc[nH]2)C(=O)N[C@@H](CC(C)C)C(=O)N2CCC[C@H]2C(=O)N[C@@H](Cc2c[nH]c3ccccc23)C(=O)N[C@@H](CO)C(=O)N[C@@H](Cc2csc3ccccc23)C(=O)N1C. The number of amides is 20.